The molecule has 0 aromatic carbocycles. The third kappa shape index (κ3) is 6.35. The molecule has 2 heterocycles. The summed E-state index contributed by atoms with van der Waals surface area (Å²) in [7, 11) is 6.21. The lowest BCUT2D eigenvalue weighted by molar-refractivity contribution is -0.136. The normalized spacial score (nSPS) is 23.7. The number of carbonyl (C=O) groups excluding carboxylic acids is 1. The van der Waals surface area contributed by atoms with E-state index in [1.807, 2.05) is 7.05 Å². The van der Waals surface area contributed by atoms with Crippen LogP contribution in [-0.4, -0.2) is 99.1 Å². The van der Waals surface area contributed by atoms with Gasteiger partial charge in [-0.25, -0.2) is 0 Å². The van der Waals surface area contributed by atoms with Gasteiger partial charge in [0.1, 0.15) is 0 Å². The van der Waals surface area contributed by atoms with E-state index in [1.54, 1.807) is 0 Å². The van der Waals surface area contributed by atoms with Crippen LogP contribution in [-0.2, 0) is 4.79 Å². The zero-order chi connectivity index (χ0) is 19.8. The smallest absolute Gasteiger partial charge is 0.225 e. The summed E-state index contributed by atoms with van der Waals surface area (Å²) < 4.78 is 0. The van der Waals surface area contributed by atoms with Crippen LogP contribution in [0.4, 0.5) is 0 Å². The summed E-state index contributed by atoms with van der Waals surface area (Å²) in [4.78, 5) is 23.8. The molecule has 27 heavy (non-hydrogen) atoms. The lowest BCUT2D eigenvalue weighted by Gasteiger charge is -2.38. The van der Waals surface area contributed by atoms with Crippen LogP contribution in [0.25, 0.3) is 0 Å². The van der Waals surface area contributed by atoms with Crippen molar-refractivity contribution in [3.05, 3.63) is 0 Å². The largest absolute Gasteiger partial charge is 0.355 e. The summed E-state index contributed by atoms with van der Waals surface area (Å²) in [5, 5.41) is 7.05. The molecule has 156 valence electrons. The van der Waals surface area contributed by atoms with E-state index in [4.69, 9.17) is 0 Å². The number of piperidine rings is 1. The molecule has 0 radical (unpaired) electrons. The minimum Gasteiger partial charge on any atom is -0.355 e. The van der Waals surface area contributed by atoms with Crippen molar-refractivity contribution < 1.29 is 4.79 Å². The van der Waals surface area contributed by atoms with Gasteiger partial charge in [-0.1, -0.05) is 13.8 Å². The van der Waals surface area contributed by atoms with Gasteiger partial charge in [0.2, 0.25) is 5.91 Å². The second-order valence-electron chi connectivity index (χ2n) is 8.11. The number of hydrogen-bond donors (Lipinski definition) is 2. The van der Waals surface area contributed by atoms with Gasteiger partial charge in [0.05, 0.1) is 0 Å². The predicted octanol–water partition coefficient (Wildman–Crippen LogP) is 0.824. The summed E-state index contributed by atoms with van der Waals surface area (Å²) in [6.45, 7) is 10.1. The molecule has 0 aromatic heterocycles. The molecule has 0 aromatic rings. The molecular formula is C20H40N6O. The Morgan fingerprint density at radius 2 is 1.78 bits per heavy atom. The number of aliphatic imine (C=N–C) groups is 1. The second-order valence-corrected chi connectivity index (χ2v) is 8.11. The van der Waals surface area contributed by atoms with E-state index in [1.165, 1.54) is 0 Å². The third-order valence-corrected chi connectivity index (χ3v) is 6.19. The molecule has 2 saturated heterocycles. The van der Waals surface area contributed by atoms with Crippen molar-refractivity contribution in [1.29, 1.82) is 0 Å². The minimum absolute atomic E-state index is 0.189. The van der Waals surface area contributed by atoms with Crippen molar-refractivity contribution in [3.63, 3.8) is 0 Å². The number of piperazine rings is 1. The predicted molar refractivity (Wildman–Crippen MR) is 112 cm³/mol. The highest BCUT2D eigenvalue weighted by Gasteiger charge is 2.27. The van der Waals surface area contributed by atoms with Crippen LogP contribution in [0.15, 0.2) is 4.99 Å². The van der Waals surface area contributed by atoms with Crippen LogP contribution < -0.4 is 10.6 Å². The quantitative estimate of drug-likeness (QED) is 0.528. The fraction of sp³-hybridized carbons (Fsp3) is 0.900. The molecule has 1 unspecified atom stereocenters. The molecule has 1 atom stereocenters. The molecule has 2 fully saturated rings. The Balaban J connectivity index is 1.75. The first-order valence-electron chi connectivity index (χ1n) is 10.6. The van der Waals surface area contributed by atoms with Gasteiger partial charge < -0.3 is 20.4 Å². The van der Waals surface area contributed by atoms with Gasteiger partial charge in [-0.3, -0.25) is 14.7 Å². The molecule has 7 heteroatoms. The maximum Gasteiger partial charge on any atom is 0.225 e. The summed E-state index contributed by atoms with van der Waals surface area (Å²) >= 11 is 0. The van der Waals surface area contributed by atoms with E-state index in [0.717, 1.165) is 70.9 Å². The van der Waals surface area contributed by atoms with Crippen LogP contribution in [0, 0.1) is 5.92 Å². The van der Waals surface area contributed by atoms with Gasteiger partial charge in [0, 0.05) is 64.3 Å². The van der Waals surface area contributed by atoms with Crippen LogP contribution >= 0.6 is 0 Å². The van der Waals surface area contributed by atoms with E-state index in [0.29, 0.717) is 18.0 Å². The Morgan fingerprint density at radius 3 is 2.37 bits per heavy atom. The molecule has 2 rings (SSSR count). The summed E-state index contributed by atoms with van der Waals surface area (Å²) in [5.41, 5.74) is 0. The van der Waals surface area contributed by atoms with Crippen LogP contribution in [0.1, 0.15) is 39.5 Å². The Kier molecular flexibility index (Phi) is 8.83. The van der Waals surface area contributed by atoms with Crippen molar-refractivity contribution in [2.75, 3.05) is 60.4 Å². The molecule has 7 nitrogen and oxygen atoms in total. The molecule has 0 spiro atoms. The van der Waals surface area contributed by atoms with E-state index >= 15 is 0 Å². The molecule has 2 aliphatic rings. The van der Waals surface area contributed by atoms with Gasteiger partial charge in [0.15, 0.2) is 5.96 Å². The molecule has 2 N–H and O–H groups in total. The Hall–Kier alpha value is -1.34. The van der Waals surface area contributed by atoms with E-state index < -0.39 is 0 Å². The maximum absolute atomic E-state index is 12.5. The fourth-order valence-corrected chi connectivity index (χ4v) is 4.06. The number of amides is 1. The minimum atomic E-state index is 0.189. The molecular weight excluding hydrogens is 340 g/mol. The lowest BCUT2D eigenvalue weighted by Crippen LogP contribution is -2.56. The van der Waals surface area contributed by atoms with Crippen LogP contribution in [0.3, 0.4) is 0 Å². The molecule has 0 bridgehead atoms. The van der Waals surface area contributed by atoms with E-state index in [9.17, 15) is 4.79 Å². The number of likely N-dealkylation sites (tertiary alicyclic amines) is 1. The number of nitrogens with one attached hydrogen (secondary N) is 2. The highest BCUT2D eigenvalue weighted by Crippen LogP contribution is 2.17. The Labute approximate surface area is 165 Å². The standard InChI is InChI=1S/C20H40N6O/c1-6-16(7-2)19(27)26-10-8-17(9-11-26)23-20(21-3)22-14-18-15-24(4)12-13-25(18)5/h16-18H,6-15H2,1-5H3,(H2,21,22,23). The highest BCUT2D eigenvalue weighted by atomic mass is 16.2. The fourth-order valence-electron chi connectivity index (χ4n) is 4.06. The number of nitrogens with zero attached hydrogens (tertiary/aromatic N) is 4. The average molecular weight is 381 g/mol. The monoisotopic (exact) mass is 380 g/mol. The third-order valence-electron chi connectivity index (χ3n) is 6.19. The Bertz CT molecular complexity index is 485. The van der Waals surface area contributed by atoms with Crippen LogP contribution in [0.2, 0.25) is 0 Å². The van der Waals surface area contributed by atoms with Gasteiger partial charge in [-0.2, -0.15) is 0 Å². The number of rotatable bonds is 6. The van der Waals surface area contributed by atoms with Gasteiger partial charge in [0.25, 0.3) is 0 Å². The van der Waals surface area contributed by atoms with E-state index in [2.05, 4.69) is 58.3 Å². The molecule has 1 amide bonds. The first kappa shape index (κ1) is 22.0. The zero-order valence-corrected chi connectivity index (χ0v) is 18.0. The SMILES string of the molecule is CCC(CC)C(=O)N1CCC(NC(=NC)NCC2CN(C)CCN2C)CC1. The zero-order valence-electron chi connectivity index (χ0n) is 18.0. The maximum atomic E-state index is 12.5. The van der Waals surface area contributed by atoms with Crippen molar-refractivity contribution in [1.82, 2.24) is 25.3 Å². The summed E-state index contributed by atoms with van der Waals surface area (Å²) in [5.74, 6) is 1.40. The van der Waals surface area contributed by atoms with Crippen LogP contribution in [0.5, 0.6) is 0 Å². The number of guanidine groups is 1. The molecule has 0 aliphatic carbocycles. The topological polar surface area (TPSA) is 63.2 Å². The van der Waals surface area contributed by atoms with Gasteiger partial charge in [-0.05, 0) is 39.8 Å². The number of hydrogen-bond acceptors (Lipinski definition) is 4. The molecule has 2 aliphatic heterocycles. The summed E-state index contributed by atoms with van der Waals surface area (Å²) in [6.07, 6.45) is 3.85. The lowest BCUT2D eigenvalue weighted by atomic mass is 9.98. The highest BCUT2D eigenvalue weighted by molar-refractivity contribution is 5.80. The first-order valence-corrected chi connectivity index (χ1v) is 10.6. The van der Waals surface area contributed by atoms with Gasteiger partial charge in [-0.15, -0.1) is 0 Å². The van der Waals surface area contributed by atoms with E-state index in [-0.39, 0.29) is 5.92 Å². The first-order chi connectivity index (χ1) is 13.0. The van der Waals surface area contributed by atoms with Crippen molar-refractivity contribution >= 4 is 11.9 Å². The van der Waals surface area contributed by atoms with Gasteiger partial charge >= 0.3 is 0 Å². The van der Waals surface area contributed by atoms with Crippen molar-refractivity contribution in [2.45, 2.75) is 51.6 Å². The number of likely N-dealkylation sites (N-methyl/N-ethyl adjacent to an activating group) is 2. The Morgan fingerprint density at radius 1 is 1.11 bits per heavy atom. The average Bonchev–Trinajstić information content (AvgIpc) is 2.68. The van der Waals surface area contributed by atoms with Crippen molar-refractivity contribution in [2.24, 2.45) is 10.9 Å². The van der Waals surface area contributed by atoms with Crippen molar-refractivity contribution in [3.8, 4) is 0 Å². The molecule has 0 saturated carbocycles. The summed E-state index contributed by atoms with van der Waals surface area (Å²) in [6, 6.07) is 0.885. The number of carbonyl (C=O) groups is 1. The second kappa shape index (κ2) is 10.9.